The van der Waals surface area contributed by atoms with Gasteiger partial charge in [-0.05, 0) is 109 Å². The molecule has 21 heteroatoms. The van der Waals surface area contributed by atoms with Gasteiger partial charge in [-0.1, -0.05) is 60.1 Å². The molecule has 21 nitrogen and oxygen atoms in total. The Kier molecular flexibility index (Phi) is 16.5. The highest BCUT2D eigenvalue weighted by molar-refractivity contribution is 5.77. The molecule has 0 unspecified atom stereocenters. The van der Waals surface area contributed by atoms with Gasteiger partial charge in [0.25, 0.3) is 0 Å². The second-order valence-electron chi connectivity index (χ2n) is 25.7. The summed E-state index contributed by atoms with van der Waals surface area (Å²) in [5, 5.41) is 95.6. The molecule has 23 atom stereocenters. The van der Waals surface area contributed by atoms with Crippen molar-refractivity contribution in [2.24, 2.45) is 50.2 Å². The van der Waals surface area contributed by atoms with E-state index in [2.05, 4.69) is 70.5 Å². The average molecular weight is 1070 g/mol. The lowest BCUT2D eigenvalue weighted by Crippen LogP contribution is -2.71. The monoisotopic (exact) mass is 1070 g/mol. The molecule has 3 saturated heterocycles. The number of carboxylic acid groups (broad SMARTS) is 1. The predicted octanol–water partition coefficient (Wildman–Crippen LogP) is 1.14. The van der Waals surface area contributed by atoms with Gasteiger partial charge in [-0.25, -0.2) is 0 Å². The molecule has 0 aromatic carbocycles. The number of allylic oxidation sites excluding steroid dienone is 2. The molecule has 426 valence electrons. The van der Waals surface area contributed by atoms with Gasteiger partial charge in [0.05, 0.1) is 31.3 Å². The number of aliphatic hydroxyl groups excluding tert-OH is 7. The van der Waals surface area contributed by atoms with Crippen LogP contribution in [-0.2, 0) is 47.6 Å². The first-order valence-electron chi connectivity index (χ1n) is 27.3. The molecule has 0 radical (unpaired) electrons. The zero-order valence-corrected chi connectivity index (χ0v) is 45.4. The zero-order chi connectivity index (χ0) is 55.1. The number of amides is 3. The van der Waals surface area contributed by atoms with Crippen LogP contribution in [0.4, 0.5) is 0 Å². The topological polar surface area (TPSA) is 322 Å². The number of hydrogen-bond donors (Lipinski definition) is 11. The Morgan fingerprint density at radius 1 is 0.600 bits per heavy atom. The fourth-order valence-electron chi connectivity index (χ4n) is 16.4. The van der Waals surface area contributed by atoms with Gasteiger partial charge >= 0.3 is 5.97 Å². The average Bonchev–Trinajstić information content (AvgIpc) is 3.32. The van der Waals surface area contributed by atoms with E-state index in [1.165, 1.54) is 12.5 Å². The highest BCUT2D eigenvalue weighted by Gasteiger charge is 2.70. The molecule has 8 aliphatic rings. The molecule has 4 saturated carbocycles. The second kappa shape index (κ2) is 21.3. The summed E-state index contributed by atoms with van der Waals surface area (Å²) in [6.45, 7) is 17.6. The molecule has 7 fully saturated rings. The first-order chi connectivity index (χ1) is 35.0. The molecule has 3 amide bonds. The summed E-state index contributed by atoms with van der Waals surface area (Å²) in [6.07, 6.45) is -8.42. The molecule has 0 bridgehead atoms. The Bertz CT molecular complexity index is 2160. The van der Waals surface area contributed by atoms with E-state index in [0.29, 0.717) is 25.2 Å². The van der Waals surface area contributed by atoms with Gasteiger partial charge in [-0.15, -0.1) is 0 Å². The second-order valence-corrected chi connectivity index (χ2v) is 25.7. The third-order valence-corrected chi connectivity index (χ3v) is 20.6. The molecule has 3 aliphatic heterocycles. The van der Waals surface area contributed by atoms with Crippen molar-refractivity contribution >= 4 is 23.7 Å². The lowest BCUT2D eigenvalue weighted by atomic mass is 9.33. The number of fused-ring (bicyclic) bond motifs is 7. The Hall–Kier alpha value is -2.90. The largest absolute Gasteiger partial charge is 0.481 e. The maximum atomic E-state index is 13.2. The van der Waals surface area contributed by atoms with Crippen LogP contribution in [-0.4, -0.2) is 182 Å². The zero-order valence-electron chi connectivity index (χ0n) is 45.4. The van der Waals surface area contributed by atoms with Crippen molar-refractivity contribution in [1.82, 2.24) is 16.0 Å². The molecule has 5 aliphatic carbocycles. The number of ether oxygens (including phenoxy) is 6. The number of carbonyl (C=O) groups excluding carboxylic acids is 3. The molecule has 0 aromatic heterocycles. The minimum Gasteiger partial charge on any atom is -0.481 e. The Balaban J connectivity index is 1.01. The normalized spacial score (nSPS) is 48.1. The van der Waals surface area contributed by atoms with Crippen molar-refractivity contribution in [2.75, 3.05) is 19.8 Å². The molecule has 0 aromatic rings. The van der Waals surface area contributed by atoms with Crippen LogP contribution < -0.4 is 16.0 Å². The minimum atomic E-state index is -1.80. The van der Waals surface area contributed by atoms with Crippen molar-refractivity contribution in [3.63, 3.8) is 0 Å². The summed E-state index contributed by atoms with van der Waals surface area (Å²) in [4.78, 5) is 51.0. The first kappa shape index (κ1) is 58.3. The molecule has 11 N–H and O–H groups in total. The van der Waals surface area contributed by atoms with Gasteiger partial charge in [-0.2, -0.15) is 0 Å². The van der Waals surface area contributed by atoms with E-state index in [9.17, 15) is 60.0 Å². The van der Waals surface area contributed by atoms with Crippen LogP contribution in [0, 0.1) is 50.2 Å². The summed E-state index contributed by atoms with van der Waals surface area (Å²) in [5.74, 6) is -1.97. The van der Waals surface area contributed by atoms with Crippen molar-refractivity contribution in [3.05, 3.63) is 11.6 Å². The molecule has 75 heavy (non-hydrogen) atoms. The number of carboxylic acids is 1. The highest BCUT2D eigenvalue weighted by atomic mass is 16.7. The third kappa shape index (κ3) is 10.0. The number of aliphatic hydroxyl groups is 7. The SMILES string of the molecule is CC(=O)N[C@H]1[C@H](O[C@H]2CC[C@]3(C)[C@H]4CC=C5[C@@H]6CC(C)(C)CC[C@]6(C(=O)O)CC[C@@]5(C)[C@]4(C)CC[C@H]3C2(C)C)O[C@H](CO)[C@@H](O[C@@H]2O[C@H](CO)[C@@H](O[C@@H]3O[C@H](CO)[C@@H](O)[C@H](O)[C@H]3NC(C)=O)[C@H](O)[C@H]2NC(C)=O)[C@@H]1O. The first-order valence-corrected chi connectivity index (χ1v) is 27.3. The van der Waals surface area contributed by atoms with Gasteiger partial charge in [0, 0.05) is 20.8 Å². The van der Waals surface area contributed by atoms with Crippen LogP contribution in [0.5, 0.6) is 0 Å². The van der Waals surface area contributed by atoms with Crippen LogP contribution in [0.15, 0.2) is 11.6 Å². The third-order valence-electron chi connectivity index (χ3n) is 20.6. The van der Waals surface area contributed by atoms with Crippen LogP contribution in [0.25, 0.3) is 0 Å². The summed E-state index contributed by atoms with van der Waals surface area (Å²) >= 11 is 0. The van der Waals surface area contributed by atoms with Crippen molar-refractivity contribution < 1.29 is 88.5 Å². The maximum Gasteiger partial charge on any atom is 0.310 e. The lowest BCUT2D eigenvalue weighted by molar-refractivity contribution is -0.358. The molecule has 8 rings (SSSR count). The van der Waals surface area contributed by atoms with Crippen molar-refractivity contribution in [1.29, 1.82) is 0 Å². The van der Waals surface area contributed by atoms with Crippen LogP contribution in [0.2, 0.25) is 0 Å². The van der Waals surface area contributed by atoms with Gasteiger partial charge in [0.1, 0.15) is 73.1 Å². The summed E-state index contributed by atoms with van der Waals surface area (Å²) in [7, 11) is 0. The van der Waals surface area contributed by atoms with Gasteiger partial charge in [-0.3, -0.25) is 19.2 Å². The Labute approximate surface area is 440 Å². The van der Waals surface area contributed by atoms with Crippen LogP contribution in [0.1, 0.15) is 133 Å². The van der Waals surface area contributed by atoms with E-state index >= 15 is 0 Å². The standard InChI is InChI=1S/C54H87N3O18/c1-25(61)55-36-40(65)39(64)30(22-58)70-46(36)74-44-32(24-60)72-47(38(42(44)67)57-27(3)63)75-43-31(23-59)71-45(37(41(43)66)56-26(2)62)73-35-14-15-51(8)33(50(35,6)7)13-16-53(10)34(51)12-11-28-29-21-49(4,5)17-19-54(29,48(68)69)20-18-52(28,53)9/h11,29-47,58-60,64-67H,12-24H2,1-10H3,(H,55,61)(H,56,62)(H,57,63)(H,68,69)/t29-,30+,31+,32+,33-,34+,35-,36+,37+,38+,39+,40+,41+,42+,43+,44+,45-,46-,47-,51-,52+,53+,54-/m0/s1. The number of hydrogen-bond acceptors (Lipinski definition) is 17. The fourth-order valence-corrected chi connectivity index (χ4v) is 16.4. The summed E-state index contributed by atoms with van der Waals surface area (Å²) in [5.41, 5.74) is -0.0979. The molecular formula is C54H87N3O18. The molecule has 3 heterocycles. The smallest absolute Gasteiger partial charge is 0.310 e. The van der Waals surface area contributed by atoms with Crippen LogP contribution >= 0.6 is 0 Å². The minimum absolute atomic E-state index is 0.00470. The van der Waals surface area contributed by atoms with Gasteiger partial charge in [0.2, 0.25) is 17.7 Å². The highest BCUT2D eigenvalue weighted by Crippen LogP contribution is 2.76. The van der Waals surface area contributed by atoms with E-state index in [4.69, 9.17) is 28.4 Å². The molecule has 0 spiro atoms. The summed E-state index contributed by atoms with van der Waals surface area (Å²) in [6, 6.07) is -4.21. The van der Waals surface area contributed by atoms with E-state index < -0.39 is 152 Å². The predicted molar refractivity (Wildman–Crippen MR) is 265 cm³/mol. The Morgan fingerprint density at radius 2 is 1.08 bits per heavy atom. The van der Waals surface area contributed by atoms with E-state index in [0.717, 1.165) is 58.8 Å². The number of nitrogens with one attached hydrogen (secondary N) is 3. The fraction of sp³-hybridized carbons (Fsp3) is 0.889. The Morgan fingerprint density at radius 3 is 1.57 bits per heavy atom. The number of aliphatic carboxylic acids is 1. The van der Waals surface area contributed by atoms with Crippen LogP contribution in [0.3, 0.4) is 0 Å². The maximum absolute atomic E-state index is 13.2. The van der Waals surface area contributed by atoms with Gasteiger partial charge in [0.15, 0.2) is 18.9 Å². The number of carbonyl (C=O) groups is 4. The number of rotatable bonds is 13. The lowest BCUT2D eigenvalue weighted by Gasteiger charge is -2.71. The van der Waals surface area contributed by atoms with Crippen molar-refractivity contribution in [2.45, 2.75) is 231 Å². The van der Waals surface area contributed by atoms with E-state index in [-0.39, 0.29) is 33.5 Å². The van der Waals surface area contributed by atoms with E-state index in [1.54, 1.807) is 0 Å². The molecular weight excluding hydrogens is 979 g/mol. The van der Waals surface area contributed by atoms with Crippen molar-refractivity contribution in [3.8, 4) is 0 Å². The summed E-state index contributed by atoms with van der Waals surface area (Å²) < 4.78 is 37.7. The quantitative estimate of drug-likeness (QED) is 0.0910. The van der Waals surface area contributed by atoms with Gasteiger partial charge < -0.3 is 85.2 Å². The van der Waals surface area contributed by atoms with E-state index in [1.807, 2.05) is 0 Å².